The number of rotatable bonds is 18. The molecule has 0 saturated carbocycles. The predicted octanol–water partition coefficient (Wildman–Crippen LogP) is 1.10. The molecule has 0 fully saturated rings. The van der Waals surface area contributed by atoms with E-state index in [9.17, 15) is 22.6 Å². The van der Waals surface area contributed by atoms with Gasteiger partial charge in [0.05, 0.1) is 19.6 Å². The number of hydrogen-bond donors (Lipinski definition) is 0. The molecule has 0 aliphatic rings. The van der Waals surface area contributed by atoms with Gasteiger partial charge in [-0.25, -0.2) is 8.42 Å². The predicted molar refractivity (Wildman–Crippen MR) is 107 cm³/mol. The zero-order chi connectivity index (χ0) is 21.3. The molecule has 166 valence electrons. The smallest absolute Gasteiger partial charge is 0.747 e. The molecule has 0 aromatic carbocycles. The summed E-state index contributed by atoms with van der Waals surface area (Å²) in [6.45, 7) is 4.44. The Labute approximate surface area is 219 Å². The molecule has 7 nitrogen and oxygen atoms in total. The van der Waals surface area contributed by atoms with Crippen LogP contribution in [0, 0.1) is 0 Å². The average molecular weight is 461 g/mol. The molecular weight excluding hydrogens is 423 g/mol. The third-order valence-electron chi connectivity index (χ3n) is 4.47. The Morgan fingerprint density at radius 3 is 1.62 bits per heavy atom. The third kappa shape index (κ3) is 18.9. The number of carbonyl (C=O) groups excluding carboxylic acids is 2. The Kier molecular flexibility index (Phi) is 22.3. The van der Waals surface area contributed by atoms with Crippen molar-refractivity contribution < 1.29 is 83.4 Å². The summed E-state index contributed by atoms with van der Waals surface area (Å²) >= 11 is 0. The molecule has 0 radical (unpaired) electrons. The van der Waals surface area contributed by atoms with Crippen molar-refractivity contribution in [2.45, 2.75) is 103 Å². The van der Waals surface area contributed by atoms with Crippen LogP contribution in [-0.2, 0) is 29.2 Å². The fourth-order valence-corrected chi connectivity index (χ4v) is 3.37. The van der Waals surface area contributed by atoms with Gasteiger partial charge in [-0.1, -0.05) is 78.1 Å². The van der Waals surface area contributed by atoms with E-state index in [-0.39, 0.29) is 64.6 Å². The normalized spacial score (nSPS) is 12.1. The summed E-state index contributed by atoms with van der Waals surface area (Å²) in [7, 11) is -4.98. The number of carbonyl (C=O) groups is 2. The molecule has 0 bridgehead atoms. The van der Waals surface area contributed by atoms with Crippen molar-refractivity contribution in [2.24, 2.45) is 0 Å². The van der Waals surface area contributed by atoms with Crippen LogP contribution in [-0.4, -0.2) is 43.4 Å². The number of unbranched alkanes of at least 4 members (excludes halogenated alkanes) is 10. The van der Waals surface area contributed by atoms with Crippen LogP contribution in [0.5, 0.6) is 0 Å². The summed E-state index contributed by atoms with van der Waals surface area (Å²) in [6, 6.07) is 0. The third-order valence-corrected chi connectivity index (χ3v) is 5.52. The second-order valence-electron chi connectivity index (χ2n) is 7.11. The van der Waals surface area contributed by atoms with Gasteiger partial charge in [0.1, 0.15) is 10.1 Å². The van der Waals surface area contributed by atoms with Crippen LogP contribution in [0.2, 0.25) is 0 Å². The van der Waals surface area contributed by atoms with Gasteiger partial charge >= 0.3 is 63.3 Å². The molecular formula is C20H37KO7S. The van der Waals surface area contributed by atoms with Gasteiger partial charge in [-0.2, -0.15) is 0 Å². The zero-order valence-corrected chi connectivity index (χ0v) is 22.4. The van der Waals surface area contributed by atoms with Crippen molar-refractivity contribution in [2.75, 3.05) is 13.2 Å². The van der Waals surface area contributed by atoms with E-state index in [1.807, 2.05) is 0 Å². The number of hydrogen-bond acceptors (Lipinski definition) is 7. The van der Waals surface area contributed by atoms with Crippen LogP contribution < -0.4 is 51.4 Å². The second-order valence-corrected chi connectivity index (χ2v) is 8.66. The van der Waals surface area contributed by atoms with Crippen molar-refractivity contribution in [3.8, 4) is 0 Å². The van der Waals surface area contributed by atoms with E-state index in [1.165, 1.54) is 6.42 Å². The monoisotopic (exact) mass is 460 g/mol. The van der Waals surface area contributed by atoms with Gasteiger partial charge in [-0.3, -0.25) is 9.59 Å². The molecule has 29 heavy (non-hydrogen) atoms. The standard InChI is InChI=1S/C20H38O7S.K/c1-3-5-7-9-11-13-15-26-19(21)17-18(28(23,24)25)20(22)27-16-14-12-10-8-6-4-2;/h18H,3-17H2,1-2H3,(H,23,24,25);/q;+1/p-1. The molecule has 0 aliphatic carbocycles. The Hall–Kier alpha value is 0.486. The summed E-state index contributed by atoms with van der Waals surface area (Å²) in [5.41, 5.74) is 0. The van der Waals surface area contributed by atoms with Crippen LogP contribution in [0.25, 0.3) is 0 Å². The van der Waals surface area contributed by atoms with E-state index in [0.717, 1.165) is 57.8 Å². The summed E-state index contributed by atoms with van der Waals surface area (Å²) in [4.78, 5) is 23.7. The molecule has 0 saturated heterocycles. The van der Waals surface area contributed by atoms with E-state index < -0.39 is 33.7 Å². The van der Waals surface area contributed by atoms with Crippen LogP contribution in [0.3, 0.4) is 0 Å². The quantitative estimate of drug-likeness (QED) is 0.130. The van der Waals surface area contributed by atoms with Crippen LogP contribution in [0.4, 0.5) is 0 Å². The molecule has 0 N–H and O–H groups in total. The van der Waals surface area contributed by atoms with Gasteiger partial charge in [-0.15, -0.1) is 0 Å². The minimum atomic E-state index is -4.98. The van der Waals surface area contributed by atoms with Crippen LogP contribution >= 0.6 is 0 Å². The maximum Gasteiger partial charge on any atom is 1.00 e. The molecule has 9 heteroatoms. The maximum atomic E-state index is 11.9. The van der Waals surface area contributed by atoms with Gasteiger partial charge in [-0.05, 0) is 12.8 Å². The van der Waals surface area contributed by atoms with Gasteiger partial charge < -0.3 is 14.0 Å². The second kappa shape index (κ2) is 20.4. The number of ether oxygens (including phenoxy) is 2. The summed E-state index contributed by atoms with van der Waals surface area (Å²) in [6.07, 6.45) is 11.2. The maximum absolute atomic E-state index is 11.9. The molecule has 0 heterocycles. The molecule has 1 unspecified atom stereocenters. The molecule has 0 aromatic rings. The molecule has 1 atom stereocenters. The van der Waals surface area contributed by atoms with Gasteiger partial charge in [0, 0.05) is 0 Å². The Balaban J connectivity index is 0. The summed E-state index contributed by atoms with van der Waals surface area (Å²) in [5, 5.41) is -2.04. The first kappa shape index (κ1) is 31.7. The summed E-state index contributed by atoms with van der Waals surface area (Å²) < 4.78 is 43.8. The van der Waals surface area contributed by atoms with Gasteiger partial charge in [0.25, 0.3) is 0 Å². The first-order valence-corrected chi connectivity index (χ1v) is 12.1. The first-order chi connectivity index (χ1) is 13.3. The van der Waals surface area contributed by atoms with Crippen LogP contribution in [0.15, 0.2) is 0 Å². The van der Waals surface area contributed by atoms with Crippen molar-refractivity contribution in [3.63, 3.8) is 0 Å². The average Bonchev–Trinajstić information content (AvgIpc) is 2.63. The van der Waals surface area contributed by atoms with E-state index >= 15 is 0 Å². The first-order valence-electron chi connectivity index (χ1n) is 10.6. The van der Waals surface area contributed by atoms with Crippen molar-refractivity contribution in [1.29, 1.82) is 0 Å². The fraction of sp³-hybridized carbons (Fsp3) is 0.900. The molecule has 0 aromatic heterocycles. The van der Waals surface area contributed by atoms with Crippen molar-refractivity contribution in [1.82, 2.24) is 0 Å². The van der Waals surface area contributed by atoms with Crippen molar-refractivity contribution in [3.05, 3.63) is 0 Å². The molecule has 0 rings (SSSR count). The minimum absolute atomic E-state index is 0. The Morgan fingerprint density at radius 2 is 1.17 bits per heavy atom. The Bertz CT molecular complexity index is 523. The summed E-state index contributed by atoms with van der Waals surface area (Å²) in [5.74, 6) is -2.03. The molecule has 0 aliphatic heterocycles. The van der Waals surface area contributed by atoms with E-state index in [0.29, 0.717) is 12.8 Å². The SMILES string of the molecule is CCCCCCCCOC(=O)CC(C(=O)OCCCCCCCC)S(=O)(=O)[O-].[K+]. The van der Waals surface area contributed by atoms with Gasteiger partial charge in [0.2, 0.25) is 0 Å². The van der Waals surface area contributed by atoms with E-state index in [4.69, 9.17) is 9.47 Å². The fourth-order valence-electron chi connectivity index (χ4n) is 2.73. The van der Waals surface area contributed by atoms with Crippen molar-refractivity contribution >= 4 is 22.1 Å². The topological polar surface area (TPSA) is 110 Å². The zero-order valence-electron chi connectivity index (χ0n) is 18.4. The molecule has 0 amide bonds. The van der Waals surface area contributed by atoms with E-state index in [1.54, 1.807) is 0 Å². The Morgan fingerprint density at radius 1 is 0.759 bits per heavy atom. The minimum Gasteiger partial charge on any atom is -0.747 e. The van der Waals surface area contributed by atoms with Crippen LogP contribution in [0.1, 0.15) is 97.3 Å². The van der Waals surface area contributed by atoms with Gasteiger partial charge in [0.15, 0.2) is 5.25 Å². The molecule has 0 spiro atoms. The largest absolute Gasteiger partial charge is 1.00 e. The van der Waals surface area contributed by atoms with E-state index in [2.05, 4.69) is 13.8 Å². The number of esters is 2.